The molecular formula is C27H22BrFN2O4S2. The molecule has 1 saturated heterocycles. The number of hydrogen-bond acceptors (Lipinski definition) is 6. The van der Waals surface area contributed by atoms with Crippen molar-refractivity contribution in [2.24, 2.45) is 0 Å². The first-order valence-corrected chi connectivity index (χ1v) is 13.2. The summed E-state index contributed by atoms with van der Waals surface area (Å²) in [5, 5.41) is 2.71. The Hall–Kier alpha value is -3.21. The van der Waals surface area contributed by atoms with Crippen LogP contribution < -0.4 is 19.7 Å². The van der Waals surface area contributed by atoms with Crippen LogP contribution in [-0.2, 0) is 4.79 Å². The van der Waals surface area contributed by atoms with Crippen molar-refractivity contribution in [1.82, 2.24) is 0 Å². The molecule has 1 N–H and O–H groups in total. The van der Waals surface area contributed by atoms with Gasteiger partial charge in [-0.1, -0.05) is 30.0 Å². The molecule has 6 nitrogen and oxygen atoms in total. The van der Waals surface area contributed by atoms with Crippen LogP contribution in [0.4, 0.5) is 15.8 Å². The Morgan fingerprint density at radius 1 is 1.16 bits per heavy atom. The van der Waals surface area contributed by atoms with Crippen LogP contribution in [0, 0.1) is 5.82 Å². The van der Waals surface area contributed by atoms with Crippen molar-refractivity contribution >= 4 is 73.5 Å². The maximum atomic E-state index is 13.3. The van der Waals surface area contributed by atoms with Crippen molar-refractivity contribution in [3.63, 3.8) is 0 Å². The predicted octanol–water partition coefficient (Wildman–Crippen LogP) is 7.04. The standard InChI is InChI=1S/C27H22BrFN2O4S2/c1-15(2)35-24-21(28)11-16(12-22(24)34-3)13-23-26(33)31(27(36)37-23)20-6-4-5-17(14-20)25(32)30-19-9-7-18(29)8-10-19/h4-15H,1-3H3,(H,30,32)/b23-13+. The van der Waals surface area contributed by atoms with Crippen molar-refractivity contribution in [3.05, 3.63) is 87.0 Å². The van der Waals surface area contributed by atoms with Gasteiger partial charge >= 0.3 is 0 Å². The molecular weight excluding hydrogens is 579 g/mol. The molecule has 1 aliphatic rings. The fraction of sp³-hybridized carbons (Fsp3) is 0.148. The number of carbonyl (C=O) groups is 2. The molecule has 0 saturated carbocycles. The van der Waals surface area contributed by atoms with E-state index in [4.69, 9.17) is 21.7 Å². The Kier molecular flexibility index (Phi) is 8.31. The van der Waals surface area contributed by atoms with E-state index in [-0.39, 0.29) is 12.0 Å². The van der Waals surface area contributed by atoms with E-state index in [0.717, 1.165) is 5.56 Å². The van der Waals surface area contributed by atoms with Gasteiger partial charge in [-0.2, -0.15) is 0 Å². The van der Waals surface area contributed by atoms with Crippen LogP contribution in [0.15, 0.2) is 70.0 Å². The largest absolute Gasteiger partial charge is 0.493 e. The van der Waals surface area contributed by atoms with Crippen LogP contribution in [0.2, 0.25) is 0 Å². The first-order chi connectivity index (χ1) is 17.7. The molecule has 0 spiro atoms. The van der Waals surface area contributed by atoms with E-state index in [0.29, 0.717) is 42.1 Å². The summed E-state index contributed by atoms with van der Waals surface area (Å²) >= 11 is 10.2. The number of hydrogen-bond donors (Lipinski definition) is 1. The average Bonchev–Trinajstić information content (AvgIpc) is 3.14. The lowest BCUT2D eigenvalue weighted by molar-refractivity contribution is -0.113. The first-order valence-electron chi connectivity index (χ1n) is 11.2. The van der Waals surface area contributed by atoms with Crippen LogP contribution in [0.25, 0.3) is 6.08 Å². The minimum atomic E-state index is -0.395. The van der Waals surface area contributed by atoms with Crippen LogP contribution in [0.5, 0.6) is 11.5 Å². The van der Waals surface area contributed by atoms with Crippen LogP contribution in [-0.4, -0.2) is 29.3 Å². The highest BCUT2D eigenvalue weighted by atomic mass is 79.9. The second kappa shape index (κ2) is 11.5. The van der Waals surface area contributed by atoms with Crippen molar-refractivity contribution in [3.8, 4) is 11.5 Å². The second-order valence-corrected chi connectivity index (χ2v) is 10.8. The summed E-state index contributed by atoms with van der Waals surface area (Å²) in [4.78, 5) is 27.9. The van der Waals surface area contributed by atoms with Crippen LogP contribution >= 0.6 is 39.9 Å². The first kappa shape index (κ1) is 26.8. The number of nitrogens with one attached hydrogen (secondary N) is 1. The van der Waals surface area contributed by atoms with Gasteiger partial charge < -0.3 is 14.8 Å². The fourth-order valence-electron chi connectivity index (χ4n) is 3.54. The topological polar surface area (TPSA) is 67.9 Å². The average molecular weight is 602 g/mol. The SMILES string of the molecule is COc1cc(/C=C2/SC(=S)N(c3cccc(C(=O)Nc4ccc(F)cc4)c3)C2=O)cc(Br)c1OC(C)C. The third-order valence-electron chi connectivity index (χ3n) is 5.17. The number of nitrogens with zero attached hydrogens (tertiary/aromatic N) is 1. The summed E-state index contributed by atoms with van der Waals surface area (Å²) in [5.74, 6) is 0.0226. The quantitative estimate of drug-likeness (QED) is 0.232. The number of rotatable bonds is 7. The molecule has 0 bridgehead atoms. The van der Waals surface area contributed by atoms with Crippen molar-refractivity contribution < 1.29 is 23.5 Å². The summed E-state index contributed by atoms with van der Waals surface area (Å²) in [6, 6.07) is 15.7. The molecule has 1 aliphatic heterocycles. The minimum Gasteiger partial charge on any atom is -0.493 e. The molecule has 2 amide bonds. The molecule has 0 atom stereocenters. The number of amides is 2. The Balaban J connectivity index is 1.58. The molecule has 0 aliphatic carbocycles. The molecule has 190 valence electrons. The highest BCUT2D eigenvalue weighted by Crippen LogP contribution is 2.40. The molecule has 4 rings (SSSR count). The number of methoxy groups -OCH3 is 1. The van der Waals surface area contributed by atoms with E-state index < -0.39 is 11.7 Å². The van der Waals surface area contributed by atoms with Gasteiger partial charge in [0.15, 0.2) is 15.8 Å². The zero-order chi connectivity index (χ0) is 26.7. The van der Waals surface area contributed by atoms with Gasteiger partial charge in [0.25, 0.3) is 11.8 Å². The number of thioether (sulfide) groups is 1. The molecule has 0 radical (unpaired) electrons. The highest BCUT2D eigenvalue weighted by Gasteiger charge is 2.33. The van der Waals surface area contributed by atoms with E-state index in [1.807, 2.05) is 19.9 Å². The highest BCUT2D eigenvalue weighted by molar-refractivity contribution is 9.10. The summed E-state index contributed by atoms with van der Waals surface area (Å²) in [7, 11) is 1.55. The van der Waals surface area contributed by atoms with Gasteiger partial charge in [0.2, 0.25) is 0 Å². The molecule has 0 unspecified atom stereocenters. The van der Waals surface area contributed by atoms with Gasteiger partial charge in [-0.15, -0.1) is 0 Å². The van der Waals surface area contributed by atoms with Gasteiger partial charge in [-0.25, -0.2) is 4.39 Å². The monoisotopic (exact) mass is 600 g/mol. The molecule has 10 heteroatoms. The summed E-state index contributed by atoms with van der Waals surface area (Å²) in [6.07, 6.45) is 1.69. The Morgan fingerprint density at radius 2 is 1.89 bits per heavy atom. The number of carbonyl (C=O) groups excluding carboxylic acids is 2. The summed E-state index contributed by atoms with van der Waals surface area (Å²) in [6.45, 7) is 3.85. The maximum Gasteiger partial charge on any atom is 0.270 e. The minimum absolute atomic E-state index is 0.0409. The van der Waals surface area contributed by atoms with E-state index >= 15 is 0 Å². The van der Waals surface area contributed by atoms with Crippen molar-refractivity contribution in [2.45, 2.75) is 20.0 Å². The van der Waals surface area contributed by atoms with Crippen molar-refractivity contribution in [1.29, 1.82) is 0 Å². The molecule has 3 aromatic carbocycles. The van der Waals surface area contributed by atoms with E-state index in [9.17, 15) is 14.0 Å². The molecule has 1 fully saturated rings. The molecule has 37 heavy (non-hydrogen) atoms. The normalized spacial score (nSPS) is 14.4. The third kappa shape index (κ3) is 6.20. The van der Waals surface area contributed by atoms with Crippen LogP contribution in [0.1, 0.15) is 29.8 Å². The van der Waals surface area contributed by atoms with E-state index in [1.54, 1.807) is 43.5 Å². The van der Waals surface area contributed by atoms with Gasteiger partial charge in [-0.3, -0.25) is 14.5 Å². The van der Waals surface area contributed by atoms with Gasteiger partial charge in [0.05, 0.1) is 28.3 Å². The Bertz CT molecular complexity index is 1410. The van der Waals surface area contributed by atoms with Gasteiger partial charge in [0, 0.05) is 11.3 Å². The third-order valence-corrected chi connectivity index (χ3v) is 7.06. The summed E-state index contributed by atoms with van der Waals surface area (Å²) < 4.78 is 25.5. The van der Waals surface area contributed by atoms with E-state index in [2.05, 4.69) is 21.2 Å². The lowest BCUT2D eigenvalue weighted by Crippen LogP contribution is -2.27. The van der Waals surface area contributed by atoms with E-state index in [1.165, 1.54) is 40.9 Å². The van der Waals surface area contributed by atoms with Crippen LogP contribution in [0.3, 0.4) is 0 Å². The maximum absolute atomic E-state index is 13.3. The Labute approximate surface area is 232 Å². The lowest BCUT2D eigenvalue weighted by Gasteiger charge is -2.16. The van der Waals surface area contributed by atoms with Crippen molar-refractivity contribution in [2.75, 3.05) is 17.3 Å². The second-order valence-electron chi connectivity index (χ2n) is 8.23. The smallest absolute Gasteiger partial charge is 0.270 e. The number of anilines is 2. The molecule has 3 aromatic rings. The fourth-order valence-corrected chi connectivity index (χ4v) is 5.39. The van der Waals surface area contributed by atoms with Gasteiger partial charge in [0.1, 0.15) is 5.82 Å². The predicted molar refractivity (Wildman–Crippen MR) is 153 cm³/mol. The number of benzene rings is 3. The number of ether oxygens (including phenoxy) is 2. The zero-order valence-electron chi connectivity index (χ0n) is 20.1. The zero-order valence-corrected chi connectivity index (χ0v) is 23.3. The summed E-state index contributed by atoms with van der Waals surface area (Å²) in [5.41, 5.74) is 1.98. The lowest BCUT2D eigenvalue weighted by atomic mass is 10.1. The molecule has 0 aromatic heterocycles. The molecule has 1 heterocycles. The van der Waals surface area contributed by atoms with Gasteiger partial charge in [-0.05, 0) is 96.0 Å². The Morgan fingerprint density at radius 3 is 2.57 bits per heavy atom. The number of halogens is 2. The number of thiocarbonyl (C=S) groups is 1.